The molecule has 4 heteroatoms. The van der Waals surface area contributed by atoms with Gasteiger partial charge < -0.3 is 14.9 Å². The molecule has 104 valence electrons. The highest BCUT2D eigenvalue weighted by Gasteiger charge is 2.12. The molecular formula is C16H16O4. The average molecular weight is 272 g/mol. The van der Waals surface area contributed by atoms with Crippen molar-refractivity contribution < 1.29 is 19.7 Å². The summed E-state index contributed by atoms with van der Waals surface area (Å²) in [5.74, 6) is -0.416. The number of hydrogen-bond donors (Lipinski definition) is 2. The third-order valence-electron chi connectivity index (χ3n) is 2.81. The Bertz CT molecular complexity index is 566. The van der Waals surface area contributed by atoms with Gasteiger partial charge in [-0.25, -0.2) is 0 Å². The molecule has 2 aromatic rings. The number of aliphatic carboxylic acids is 1. The predicted molar refractivity (Wildman–Crippen MR) is 75.6 cm³/mol. The van der Waals surface area contributed by atoms with Gasteiger partial charge in [0.1, 0.15) is 12.4 Å². The summed E-state index contributed by atoms with van der Waals surface area (Å²) in [6.07, 6.45) is -1.34. The molecule has 0 aromatic heterocycles. The molecule has 2 N–H and O–H groups in total. The molecule has 0 bridgehead atoms. The minimum atomic E-state index is -1.04. The zero-order valence-electron chi connectivity index (χ0n) is 10.9. The smallest absolute Gasteiger partial charge is 0.306 e. The van der Waals surface area contributed by atoms with Gasteiger partial charge in [-0.1, -0.05) is 48.5 Å². The first-order valence-corrected chi connectivity index (χ1v) is 6.34. The summed E-state index contributed by atoms with van der Waals surface area (Å²) in [4.78, 5) is 10.5. The molecule has 1 atom stereocenters. The van der Waals surface area contributed by atoms with Crippen molar-refractivity contribution in [2.75, 3.05) is 6.61 Å². The van der Waals surface area contributed by atoms with E-state index < -0.39 is 12.1 Å². The molecule has 0 aliphatic carbocycles. The minimum absolute atomic E-state index is 0.0455. The van der Waals surface area contributed by atoms with Gasteiger partial charge in [0.15, 0.2) is 0 Å². The van der Waals surface area contributed by atoms with Crippen LogP contribution in [0.1, 0.15) is 6.42 Å². The van der Waals surface area contributed by atoms with Crippen LogP contribution in [0.25, 0.3) is 11.1 Å². The SMILES string of the molecule is O=C(O)C[C@H](O)COc1ccccc1-c1ccccc1. The van der Waals surface area contributed by atoms with Gasteiger partial charge in [-0.2, -0.15) is 0 Å². The fourth-order valence-electron chi connectivity index (χ4n) is 1.90. The number of ether oxygens (including phenoxy) is 1. The van der Waals surface area contributed by atoms with Crippen LogP contribution in [0.4, 0.5) is 0 Å². The first-order chi connectivity index (χ1) is 9.66. The lowest BCUT2D eigenvalue weighted by Gasteiger charge is -2.14. The third-order valence-corrected chi connectivity index (χ3v) is 2.81. The van der Waals surface area contributed by atoms with Crippen LogP contribution in [-0.2, 0) is 4.79 Å². The molecule has 2 rings (SSSR count). The topological polar surface area (TPSA) is 66.8 Å². The summed E-state index contributed by atoms with van der Waals surface area (Å²) in [5, 5.41) is 18.1. The number of hydrogen-bond acceptors (Lipinski definition) is 3. The minimum Gasteiger partial charge on any atom is -0.490 e. The van der Waals surface area contributed by atoms with Crippen molar-refractivity contribution in [2.24, 2.45) is 0 Å². The van der Waals surface area contributed by atoms with Crippen LogP contribution >= 0.6 is 0 Å². The van der Waals surface area contributed by atoms with E-state index in [0.717, 1.165) is 11.1 Å². The maximum Gasteiger partial charge on any atom is 0.306 e. The maximum atomic E-state index is 10.5. The fraction of sp³-hybridized carbons (Fsp3) is 0.188. The number of aliphatic hydroxyl groups is 1. The molecule has 0 unspecified atom stereocenters. The average Bonchev–Trinajstić information content (AvgIpc) is 2.46. The lowest BCUT2D eigenvalue weighted by molar-refractivity contribution is -0.139. The Morgan fingerprint density at radius 2 is 1.70 bits per heavy atom. The summed E-state index contributed by atoms with van der Waals surface area (Å²) in [5.41, 5.74) is 1.92. The van der Waals surface area contributed by atoms with Crippen molar-refractivity contribution in [3.05, 3.63) is 54.6 Å². The Balaban J connectivity index is 2.11. The zero-order chi connectivity index (χ0) is 14.4. The maximum absolute atomic E-state index is 10.5. The molecule has 0 heterocycles. The van der Waals surface area contributed by atoms with Gasteiger partial charge in [0.05, 0.1) is 12.5 Å². The van der Waals surface area contributed by atoms with Crippen LogP contribution in [0.15, 0.2) is 54.6 Å². The fourth-order valence-corrected chi connectivity index (χ4v) is 1.90. The van der Waals surface area contributed by atoms with Gasteiger partial charge >= 0.3 is 5.97 Å². The third kappa shape index (κ3) is 3.83. The molecule has 0 aliphatic heterocycles. The van der Waals surface area contributed by atoms with Crippen molar-refractivity contribution in [2.45, 2.75) is 12.5 Å². The molecule has 2 aromatic carbocycles. The quantitative estimate of drug-likeness (QED) is 0.848. The van der Waals surface area contributed by atoms with Gasteiger partial charge in [0.25, 0.3) is 0 Å². The second kappa shape index (κ2) is 6.73. The number of benzene rings is 2. The van der Waals surface area contributed by atoms with Crippen LogP contribution in [0.3, 0.4) is 0 Å². The lowest BCUT2D eigenvalue weighted by atomic mass is 10.1. The van der Waals surface area contributed by atoms with E-state index in [2.05, 4.69) is 0 Å². The van der Waals surface area contributed by atoms with Gasteiger partial charge in [-0.05, 0) is 11.6 Å². The summed E-state index contributed by atoms with van der Waals surface area (Å²) in [6, 6.07) is 17.2. The number of aliphatic hydroxyl groups excluding tert-OH is 1. The first-order valence-electron chi connectivity index (χ1n) is 6.34. The van der Waals surface area contributed by atoms with Gasteiger partial charge in [-0.3, -0.25) is 4.79 Å². The molecule has 0 aliphatic rings. The van der Waals surface area contributed by atoms with Crippen LogP contribution in [0.5, 0.6) is 5.75 Å². The number of carbonyl (C=O) groups is 1. The predicted octanol–water partition coefficient (Wildman–Crippen LogP) is 2.57. The number of rotatable bonds is 6. The molecule has 0 saturated heterocycles. The van der Waals surface area contributed by atoms with E-state index in [1.807, 2.05) is 48.5 Å². The Morgan fingerprint density at radius 1 is 1.05 bits per heavy atom. The second-order valence-corrected chi connectivity index (χ2v) is 4.42. The molecule has 4 nitrogen and oxygen atoms in total. The summed E-state index contributed by atoms with van der Waals surface area (Å²) in [6.45, 7) is -0.0455. The molecule has 0 amide bonds. The van der Waals surface area contributed by atoms with Crippen molar-refractivity contribution >= 4 is 5.97 Å². The molecule has 20 heavy (non-hydrogen) atoms. The number of carboxylic acids is 1. The lowest BCUT2D eigenvalue weighted by Crippen LogP contribution is -2.21. The van der Waals surface area contributed by atoms with Gasteiger partial charge in [-0.15, -0.1) is 0 Å². The Hall–Kier alpha value is -2.33. The Kier molecular flexibility index (Phi) is 4.74. The highest BCUT2D eigenvalue weighted by Crippen LogP contribution is 2.29. The largest absolute Gasteiger partial charge is 0.490 e. The molecule has 0 fully saturated rings. The number of carboxylic acid groups (broad SMARTS) is 1. The van der Waals surface area contributed by atoms with Crippen molar-refractivity contribution in [3.63, 3.8) is 0 Å². The zero-order valence-corrected chi connectivity index (χ0v) is 10.9. The highest BCUT2D eigenvalue weighted by atomic mass is 16.5. The second-order valence-electron chi connectivity index (χ2n) is 4.42. The van der Waals surface area contributed by atoms with Crippen molar-refractivity contribution in [3.8, 4) is 16.9 Å². The van der Waals surface area contributed by atoms with E-state index in [9.17, 15) is 9.90 Å². The number of para-hydroxylation sites is 1. The Labute approximate surface area is 117 Å². The molecule has 0 spiro atoms. The van der Waals surface area contributed by atoms with Gasteiger partial charge in [0.2, 0.25) is 0 Å². The van der Waals surface area contributed by atoms with E-state index in [4.69, 9.17) is 9.84 Å². The monoisotopic (exact) mass is 272 g/mol. The molecule has 0 radical (unpaired) electrons. The normalized spacial score (nSPS) is 11.8. The summed E-state index contributed by atoms with van der Waals surface area (Å²) >= 11 is 0. The Morgan fingerprint density at radius 3 is 2.40 bits per heavy atom. The van der Waals surface area contributed by atoms with Crippen molar-refractivity contribution in [1.29, 1.82) is 0 Å². The van der Waals surface area contributed by atoms with Crippen LogP contribution < -0.4 is 4.74 Å². The summed E-state index contributed by atoms with van der Waals surface area (Å²) in [7, 11) is 0. The van der Waals surface area contributed by atoms with Crippen LogP contribution in [0, 0.1) is 0 Å². The highest BCUT2D eigenvalue weighted by molar-refractivity contribution is 5.70. The standard InChI is InChI=1S/C16H16O4/c17-13(10-16(18)19)11-20-15-9-5-4-8-14(15)12-6-2-1-3-7-12/h1-9,13,17H,10-11H2,(H,18,19)/t13-/m0/s1. The van der Waals surface area contributed by atoms with E-state index in [1.54, 1.807) is 6.07 Å². The van der Waals surface area contributed by atoms with E-state index >= 15 is 0 Å². The van der Waals surface area contributed by atoms with Gasteiger partial charge in [0, 0.05) is 5.56 Å². The first kappa shape index (κ1) is 14.1. The van der Waals surface area contributed by atoms with E-state index in [1.165, 1.54) is 0 Å². The van der Waals surface area contributed by atoms with Crippen LogP contribution in [-0.4, -0.2) is 28.9 Å². The van der Waals surface area contributed by atoms with E-state index in [-0.39, 0.29) is 13.0 Å². The molecular weight excluding hydrogens is 256 g/mol. The van der Waals surface area contributed by atoms with Crippen LogP contribution in [0.2, 0.25) is 0 Å². The molecule has 0 saturated carbocycles. The van der Waals surface area contributed by atoms with E-state index in [0.29, 0.717) is 5.75 Å². The van der Waals surface area contributed by atoms with Crippen molar-refractivity contribution in [1.82, 2.24) is 0 Å². The summed E-state index contributed by atoms with van der Waals surface area (Å²) < 4.78 is 5.54.